The van der Waals surface area contributed by atoms with Crippen LogP contribution in [0.3, 0.4) is 0 Å². The first kappa shape index (κ1) is 21.5. The maximum atomic E-state index is 12.4. The molecule has 0 aromatic carbocycles. The zero-order chi connectivity index (χ0) is 20.0. The first-order chi connectivity index (χ1) is 12.8. The van der Waals surface area contributed by atoms with Crippen molar-refractivity contribution in [3.8, 4) is 0 Å². The minimum Gasteiger partial charge on any atom is -0.394 e. The quantitative estimate of drug-likeness (QED) is 0.298. The molecule has 1 fully saturated rings. The molecule has 0 amide bonds. The largest absolute Gasteiger partial charge is 0.394 e. The third-order valence-corrected chi connectivity index (χ3v) is 4.85. The van der Waals surface area contributed by atoms with E-state index in [1.807, 2.05) is 0 Å². The van der Waals surface area contributed by atoms with Gasteiger partial charge in [-0.1, -0.05) is 6.42 Å². The fourth-order valence-corrected chi connectivity index (χ4v) is 3.40. The molecule has 10 nitrogen and oxygen atoms in total. The zero-order valence-corrected chi connectivity index (χ0v) is 15.3. The molecule has 10 heteroatoms. The first-order valence-corrected chi connectivity index (χ1v) is 9.13. The molecule has 0 radical (unpaired) electrons. The van der Waals surface area contributed by atoms with Crippen LogP contribution in [0.1, 0.15) is 38.5 Å². The number of Topliss-reactive ketones (excluding diaryl/α,β-unsaturated/α-hetero) is 1. The van der Waals surface area contributed by atoms with E-state index < -0.39 is 36.3 Å². The summed E-state index contributed by atoms with van der Waals surface area (Å²) in [5.41, 5.74) is 15.0. The number of carbonyl (C=O) groups excluding carboxylic acids is 1. The molecule has 0 spiro atoms. The molecule has 4 atom stereocenters. The van der Waals surface area contributed by atoms with Crippen LogP contribution in [0.5, 0.6) is 0 Å². The normalized spacial score (nSPS) is 26.2. The van der Waals surface area contributed by atoms with Crippen molar-refractivity contribution in [1.29, 1.82) is 0 Å². The number of nitrogens with two attached hydrogens (primary N) is 3. The molecular weight excluding hydrogens is 354 g/mol. The lowest BCUT2D eigenvalue weighted by atomic mass is 9.94. The highest BCUT2D eigenvalue weighted by Crippen LogP contribution is 2.38. The summed E-state index contributed by atoms with van der Waals surface area (Å²) in [5.74, 6) is -0.114. The number of rotatable bonds is 10. The van der Waals surface area contributed by atoms with Crippen LogP contribution >= 0.6 is 0 Å². The molecule has 1 aromatic rings. The van der Waals surface area contributed by atoms with Gasteiger partial charge in [-0.15, -0.1) is 0 Å². The summed E-state index contributed by atoms with van der Waals surface area (Å²) in [6.45, 7) is 0.146. The van der Waals surface area contributed by atoms with Gasteiger partial charge in [-0.3, -0.25) is 9.36 Å². The number of unbranched alkanes of at least 4 members (excludes halogenated alkanes) is 2. The number of aliphatic hydroxyl groups is 2. The van der Waals surface area contributed by atoms with Gasteiger partial charge in [0.05, 0.1) is 18.8 Å². The van der Waals surface area contributed by atoms with Crippen molar-refractivity contribution in [3.63, 3.8) is 0 Å². The Morgan fingerprint density at radius 3 is 2.78 bits per heavy atom. The number of ketones is 1. The second kappa shape index (κ2) is 9.38. The molecule has 2 rings (SSSR count). The van der Waals surface area contributed by atoms with Gasteiger partial charge in [0.25, 0.3) is 0 Å². The fraction of sp³-hybridized carbons (Fsp3) is 0.706. The van der Waals surface area contributed by atoms with E-state index in [-0.39, 0.29) is 24.4 Å². The molecule has 27 heavy (non-hydrogen) atoms. The Hall–Kier alpha value is -1.85. The number of anilines is 1. The molecule has 1 aromatic heterocycles. The summed E-state index contributed by atoms with van der Waals surface area (Å²) in [7, 11) is 0. The summed E-state index contributed by atoms with van der Waals surface area (Å²) < 4.78 is 7.00. The Labute approximate surface area is 157 Å². The van der Waals surface area contributed by atoms with Crippen LogP contribution in [0, 0.1) is 0 Å². The lowest BCUT2D eigenvalue weighted by Gasteiger charge is -2.33. The van der Waals surface area contributed by atoms with E-state index in [4.69, 9.17) is 21.9 Å². The van der Waals surface area contributed by atoms with E-state index in [2.05, 4.69) is 4.98 Å². The van der Waals surface area contributed by atoms with Crippen LogP contribution in [0.2, 0.25) is 0 Å². The highest BCUT2D eigenvalue weighted by atomic mass is 16.6. The lowest BCUT2D eigenvalue weighted by molar-refractivity contribution is -0.136. The smallest absolute Gasteiger partial charge is 0.351 e. The van der Waals surface area contributed by atoms with E-state index in [9.17, 15) is 19.8 Å². The fourth-order valence-electron chi connectivity index (χ4n) is 3.40. The Morgan fingerprint density at radius 1 is 1.44 bits per heavy atom. The van der Waals surface area contributed by atoms with Crippen molar-refractivity contribution in [1.82, 2.24) is 9.55 Å². The van der Waals surface area contributed by atoms with Crippen LogP contribution in [-0.4, -0.2) is 56.9 Å². The average Bonchev–Trinajstić information content (AvgIpc) is 2.94. The van der Waals surface area contributed by atoms with Crippen molar-refractivity contribution in [2.24, 2.45) is 11.5 Å². The molecule has 2 heterocycles. The van der Waals surface area contributed by atoms with E-state index in [1.165, 1.54) is 16.8 Å². The van der Waals surface area contributed by atoms with Crippen molar-refractivity contribution in [2.75, 3.05) is 18.9 Å². The predicted octanol–water partition coefficient (Wildman–Crippen LogP) is -1.57. The lowest BCUT2D eigenvalue weighted by Crippen LogP contribution is -2.48. The molecule has 1 saturated heterocycles. The number of carbonyl (C=O) groups is 1. The number of hydrogen-bond donors (Lipinski definition) is 5. The van der Waals surface area contributed by atoms with Crippen molar-refractivity contribution in [2.45, 2.75) is 62.5 Å². The molecular formula is C17H29N5O5. The Morgan fingerprint density at radius 2 is 2.19 bits per heavy atom. The molecule has 0 bridgehead atoms. The third kappa shape index (κ3) is 5.11. The van der Waals surface area contributed by atoms with Gasteiger partial charge in [-0.05, 0) is 25.5 Å². The summed E-state index contributed by atoms with van der Waals surface area (Å²) in [6.07, 6.45) is 2.14. The topological polar surface area (TPSA) is 180 Å². The monoisotopic (exact) mass is 383 g/mol. The minimum atomic E-state index is -1.38. The summed E-state index contributed by atoms with van der Waals surface area (Å²) in [5, 5.41) is 19.6. The highest BCUT2D eigenvalue weighted by molar-refractivity contribution is 5.83. The highest BCUT2D eigenvalue weighted by Gasteiger charge is 2.49. The average molecular weight is 383 g/mol. The Balaban J connectivity index is 2.21. The number of aromatic nitrogens is 2. The molecule has 1 unspecified atom stereocenters. The Kier molecular flexibility index (Phi) is 7.45. The first-order valence-electron chi connectivity index (χ1n) is 9.13. The number of aliphatic hydroxyl groups excluding tert-OH is 2. The van der Waals surface area contributed by atoms with E-state index in [1.54, 1.807) is 0 Å². The maximum Gasteiger partial charge on any atom is 0.351 e. The molecule has 1 aliphatic heterocycles. The van der Waals surface area contributed by atoms with Gasteiger partial charge >= 0.3 is 5.69 Å². The maximum absolute atomic E-state index is 12.4. The van der Waals surface area contributed by atoms with Gasteiger partial charge in [0.15, 0.2) is 5.72 Å². The number of nitrogen functional groups attached to an aromatic ring is 1. The summed E-state index contributed by atoms with van der Waals surface area (Å²) in [6, 6.07) is 0.530. The second-order valence-corrected chi connectivity index (χ2v) is 6.94. The molecule has 1 aliphatic rings. The standard InChI is InChI=1S/C17H29N5O5/c18-6-3-1-2-4-12(24)11(19)8-17(9-13(25)14(10-23)27-17)22-7-5-15(20)21-16(22)26/h5,7,11,13-14,23,25H,1-4,6,8-10,18-19H2,(H2,20,21,26)/t11?,13-,14+,17+/m0/s1. The molecule has 8 N–H and O–H groups in total. The van der Waals surface area contributed by atoms with E-state index in [0.29, 0.717) is 19.4 Å². The summed E-state index contributed by atoms with van der Waals surface area (Å²) >= 11 is 0. The predicted molar refractivity (Wildman–Crippen MR) is 98.6 cm³/mol. The SMILES string of the molecule is NCCCCCC(=O)C(N)C[C@]1(n2ccc(N)nc2=O)C[C@H](O)[C@@H](CO)O1. The van der Waals surface area contributed by atoms with Gasteiger partial charge in [0.2, 0.25) is 0 Å². The molecule has 0 saturated carbocycles. The second-order valence-electron chi connectivity index (χ2n) is 6.94. The van der Waals surface area contributed by atoms with Crippen molar-refractivity contribution < 1.29 is 19.7 Å². The number of hydrogen-bond acceptors (Lipinski definition) is 9. The van der Waals surface area contributed by atoms with E-state index in [0.717, 1.165) is 12.8 Å². The van der Waals surface area contributed by atoms with Crippen LogP contribution < -0.4 is 22.9 Å². The van der Waals surface area contributed by atoms with E-state index >= 15 is 0 Å². The van der Waals surface area contributed by atoms with Gasteiger partial charge in [-0.25, -0.2) is 4.79 Å². The van der Waals surface area contributed by atoms with Crippen molar-refractivity contribution in [3.05, 3.63) is 22.7 Å². The van der Waals surface area contributed by atoms with Gasteiger partial charge in [-0.2, -0.15) is 4.98 Å². The van der Waals surface area contributed by atoms with Crippen LogP contribution in [-0.2, 0) is 15.3 Å². The van der Waals surface area contributed by atoms with Gasteiger partial charge in [0, 0.05) is 25.5 Å². The number of ether oxygens (including phenoxy) is 1. The van der Waals surface area contributed by atoms with Gasteiger partial charge < -0.3 is 32.2 Å². The number of nitrogens with zero attached hydrogens (tertiary/aromatic N) is 2. The van der Waals surface area contributed by atoms with Gasteiger partial charge in [0.1, 0.15) is 17.7 Å². The minimum absolute atomic E-state index is 0.00210. The molecule has 0 aliphatic carbocycles. The van der Waals surface area contributed by atoms with Crippen LogP contribution in [0.4, 0.5) is 5.82 Å². The summed E-state index contributed by atoms with van der Waals surface area (Å²) in [4.78, 5) is 28.4. The third-order valence-electron chi connectivity index (χ3n) is 4.85. The van der Waals surface area contributed by atoms with Crippen LogP contribution in [0.25, 0.3) is 0 Å². The zero-order valence-electron chi connectivity index (χ0n) is 15.3. The van der Waals surface area contributed by atoms with Crippen LogP contribution in [0.15, 0.2) is 17.1 Å². The van der Waals surface area contributed by atoms with Crippen molar-refractivity contribution >= 4 is 11.6 Å². The molecule has 152 valence electrons. The Bertz CT molecular complexity index is 697.